The van der Waals surface area contributed by atoms with Crippen LogP contribution in [0.25, 0.3) is 0 Å². The molecule has 6 heteroatoms. The lowest BCUT2D eigenvalue weighted by molar-refractivity contribution is -0.384. The molecule has 0 aromatic heterocycles. The zero-order valence-electron chi connectivity index (χ0n) is 8.72. The minimum absolute atomic E-state index is 0.151. The number of rotatable bonds is 1. The third kappa shape index (κ3) is 1.30. The van der Waals surface area contributed by atoms with Gasteiger partial charge in [0.25, 0.3) is 5.69 Å². The Morgan fingerprint density at radius 2 is 2.00 bits per heavy atom. The van der Waals surface area contributed by atoms with Gasteiger partial charge in [-0.15, -0.1) is 0 Å². The van der Waals surface area contributed by atoms with Crippen LogP contribution < -0.4 is 0 Å². The lowest BCUT2D eigenvalue weighted by Gasteiger charge is -2.12. The van der Waals surface area contributed by atoms with E-state index < -0.39 is 20.5 Å². The lowest BCUT2D eigenvalue weighted by Crippen LogP contribution is -2.29. The predicted molar refractivity (Wildman–Crippen MR) is 57.9 cm³/mol. The summed E-state index contributed by atoms with van der Waals surface area (Å²) in [6.07, 6.45) is 0. The number of hydrogen-bond acceptors (Lipinski definition) is 4. The van der Waals surface area contributed by atoms with Gasteiger partial charge in [0.1, 0.15) is 4.75 Å². The van der Waals surface area contributed by atoms with Gasteiger partial charge in [0.05, 0.1) is 20.6 Å². The number of carbonyl (C=O) groups excluding carboxylic acids is 1. The Kier molecular flexibility index (Phi) is 2.20. The highest BCUT2D eigenvalue weighted by molar-refractivity contribution is 7.88. The van der Waals surface area contributed by atoms with Crippen molar-refractivity contribution in [2.24, 2.45) is 0 Å². The van der Waals surface area contributed by atoms with E-state index in [0.717, 1.165) is 0 Å². The normalized spacial score (nSPS) is 21.9. The van der Waals surface area contributed by atoms with Gasteiger partial charge in [-0.05, 0) is 19.9 Å². The minimum atomic E-state index is -1.43. The summed E-state index contributed by atoms with van der Waals surface area (Å²) in [7, 11) is -1.43. The number of carbonyl (C=O) groups is 1. The maximum atomic E-state index is 11.9. The molecule has 1 aromatic carbocycles. The van der Waals surface area contributed by atoms with Gasteiger partial charge in [0.15, 0.2) is 5.78 Å². The zero-order valence-corrected chi connectivity index (χ0v) is 9.54. The molecule has 16 heavy (non-hydrogen) atoms. The number of hydrogen-bond donors (Lipinski definition) is 0. The van der Waals surface area contributed by atoms with Crippen LogP contribution in [0.2, 0.25) is 0 Å². The molecule has 5 nitrogen and oxygen atoms in total. The first-order valence-electron chi connectivity index (χ1n) is 4.61. The van der Waals surface area contributed by atoms with Crippen molar-refractivity contribution in [1.82, 2.24) is 0 Å². The van der Waals surface area contributed by atoms with E-state index >= 15 is 0 Å². The molecule has 1 aliphatic heterocycles. The van der Waals surface area contributed by atoms with Gasteiger partial charge in [-0.1, -0.05) is 0 Å². The maximum absolute atomic E-state index is 11.9. The summed E-state index contributed by atoms with van der Waals surface area (Å²) in [5.41, 5.74) is 0.0549. The fraction of sp³-hybridized carbons (Fsp3) is 0.300. The smallest absolute Gasteiger partial charge is 0.270 e. The molecule has 0 bridgehead atoms. The second-order valence-corrected chi connectivity index (χ2v) is 6.04. The van der Waals surface area contributed by atoms with Gasteiger partial charge < -0.3 is 0 Å². The summed E-state index contributed by atoms with van der Waals surface area (Å²) in [4.78, 5) is 22.3. The summed E-state index contributed by atoms with van der Waals surface area (Å²) < 4.78 is 10.9. The van der Waals surface area contributed by atoms with Crippen molar-refractivity contribution < 1.29 is 13.9 Å². The molecular weight excluding hydrogens is 230 g/mol. The van der Waals surface area contributed by atoms with Crippen LogP contribution >= 0.6 is 0 Å². The van der Waals surface area contributed by atoms with Crippen LogP contribution in [0, 0.1) is 10.1 Å². The van der Waals surface area contributed by atoms with E-state index in [0.29, 0.717) is 4.90 Å². The molecule has 84 valence electrons. The molecule has 1 atom stereocenters. The van der Waals surface area contributed by atoms with Crippen molar-refractivity contribution in [2.45, 2.75) is 23.5 Å². The molecule has 0 radical (unpaired) electrons. The lowest BCUT2D eigenvalue weighted by atomic mass is 10.0. The van der Waals surface area contributed by atoms with Crippen molar-refractivity contribution in [3.63, 3.8) is 0 Å². The highest BCUT2D eigenvalue weighted by Gasteiger charge is 2.45. The van der Waals surface area contributed by atoms with Crippen LogP contribution in [0.5, 0.6) is 0 Å². The zero-order chi connectivity index (χ0) is 12.1. The van der Waals surface area contributed by atoms with E-state index in [1.54, 1.807) is 13.8 Å². The van der Waals surface area contributed by atoms with Gasteiger partial charge in [0.2, 0.25) is 0 Å². The van der Waals surface area contributed by atoms with E-state index in [9.17, 15) is 19.1 Å². The van der Waals surface area contributed by atoms with Crippen LogP contribution in [-0.2, 0) is 10.8 Å². The van der Waals surface area contributed by atoms with E-state index in [2.05, 4.69) is 0 Å². The first kappa shape index (κ1) is 10.9. The highest BCUT2D eigenvalue weighted by Crippen LogP contribution is 2.37. The monoisotopic (exact) mass is 239 g/mol. The summed E-state index contributed by atoms with van der Waals surface area (Å²) in [5.74, 6) is -0.301. The molecule has 0 saturated heterocycles. The molecule has 1 aliphatic rings. The van der Waals surface area contributed by atoms with Crippen LogP contribution in [-0.4, -0.2) is 19.7 Å². The first-order valence-corrected chi connectivity index (χ1v) is 5.76. The number of ketones is 1. The molecule has 0 spiro atoms. The third-order valence-corrected chi connectivity index (χ3v) is 4.50. The molecule has 1 unspecified atom stereocenters. The largest absolute Gasteiger partial charge is 0.292 e. The summed E-state index contributed by atoms with van der Waals surface area (Å²) in [6.45, 7) is 3.16. The van der Waals surface area contributed by atoms with E-state index in [-0.39, 0.29) is 17.0 Å². The molecule has 0 amide bonds. The predicted octanol–water partition coefficient (Wildman–Crippen LogP) is 1.68. The highest BCUT2D eigenvalue weighted by atomic mass is 32.2. The van der Waals surface area contributed by atoms with Crippen molar-refractivity contribution in [3.8, 4) is 0 Å². The van der Waals surface area contributed by atoms with Gasteiger partial charge >= 0.3 is 0 Å². The Hall–Kier alpha value is -1.56. The first-order chi connectivity index (χ1) is 7.35. The number of non-ortho nitro benzene ring substituents is 1. The van der Waals surface area contributed by atoms with Crippen molar-refractivity contribution in [2.75, 3.05) is 0 Å². The van der Waals surface area contributed by atoms with E-state index in [1.807, 2.05) is 0 Å². The average molecular weight is 239 g/mol. The van der Waals surface area contributed by atoms with E-state index in [4.69, 9.17) is 0 Å². The number of nitro benzene ring substituents is 1. The van der Waals surface area contributed by atoms with Crippen LogP contribution in [0.4, 0.5) is 5.69 Å². The quantitative estimate of drug-likeness (QED) is 0.551. The number of nitro groups is 1. The molecule has 0 fully saturated rings. The topological polar surface area (TPSA) is 77.3 Å². The minimum Gasteiger partial charge on any atom is -0.292 e. The number of Topliss-reactive ketones (excluding diaryl/α,β-unsaturated/α-hetero) is 1. The van der Waals surface area contributed by atoms with Gasteiger partial charge in [-0.2, -0.15) is 0 Å². The molecule has 1 aromatic rings. The van der Waals surface area contributed by atoms with Gasteiger partial charge in [-0.3, -0.25) is 19.1 Å². The summed E-state index contributed by atoms with van der Waals surface area (Å²) >= 11 is 0. The van der Waals surface area contributed by atoms with Crippen molar-refractivity contribution >= 4 is 22.3 Å². The van der Waals surface area contributed by atoms with Gasteiger partial charge in [0, 0.05) is 17.7 Å². The molecular formula is C10H9NO4S. The standard InChI is InChI=1S/C10H9NO4S/c1-10(2)9(12)7-5-6(11(13)14)3-4-8(7)16(10)15/h3-5H,1-2H3. The van der Waals surface area contributed by atoms with Crippen LogP contribution in [0.3, 0.4) is 0 Å². The van der Waals surface area contributed by atoms with Crippen LogP contribution in [0.15, 0.2) is 23.1 Å². The third-order valence-electron chi connectivity index (χ3n) is 2.63. The Balaban J connectivity index is 2.65. The Bertz CT molecular complexity index is 536. The number of nitrogens with zero attached hydrogens (tertiary/aromatic N) is 1. The fourth-order valence-electron chi connectivity index (χ4n) is 1.65. The maximum Gasteiger partial charge on any atom is 0.270 e. The van der Waals surface area contributed by atoms with Crippen molar-refractivity contribution in [3.05, 3.63) is 33.9 Å². The molecule has 2 rings (SSSR count). The molecule has 1 heterocycles. The number of fused-ring (bicyclic) bond motifs is 1. The number of benzene rings is 1. The second-order valence-electron chi connectivity index (χ2n) is 4.05. The Morgan fingerprint density at radius 1 is 1.38 bits per heavy atom. The summed E-state index contributed by atoms with van der Waals surface area (Å²) in [5, 5.41) is 10.6. The molecule has 0 aliphatic carbocycles. The molecule has 0 saturated carbocycles. The fourth-order valence-corrected chi connectivity index (χ4v) is 3.03. The van der Waals surface area contributed by atoms with E-state index in [1.165, 1.54) is 18.2 Å². The molecule has 0 N–H and O–H groups in total. The average Bonchev–Trinajstić information content (AvgIpc) is 2.40. The second kappa shape index (κ2) is 3.21. The Labute approximate surface area is 94.1 Å². The Morgan fingerprint density at radius 3 is 2.56 bits per heavy atom. The summed E-state index contributed by atoms with van der Waals surface area (Å²) in [6, 6.07) is 3.87. The SMILES string of the molecule is CC1(C)C(=O)c2cc([N+](=O)[O-])ccc2S1=O. The van der Waals surface area contributed by atoms with Crippen molar-refractivity contribution in [1.29, 1.82) is 0 Å². The van der Waals surface area contributed by atoms with Gasteiger partial charge in [-0.25, -0.2) is 0 Å². The van der Waals surface area contributed by atoms with Crippen LogP contribution in [0.1, 0.15) is 24.2 Å².